The van der Waals surface area contributed by atoms with E-state index in [1.54, 1.807) is 0 Å². The van der Waals surface area contributed by atoms with Crippen LogP contribution in [0.15, 0.2) is 48.6 Å². The van der Waals surface area contributed by atoms with Gasteiger partial charge in [0.2, 0.25) is 0 Å². The highest BCUT2D eigenvalue weighted by Crippen LogP contribution is 2.10. The molecule has 38 heavy (non-hydrogen) atoms. The van der Waals surface area contributed by atoms with Crippen LogP contribution in [0.1, 0.15) is 168 Å². The van der Waals surface area contributed by atoms with Gasteiger partial charge in [-0.05, 0) is 77.0 Å². The van der Waals surface area contributed by atoms with Crippen molar-refractivity contribution >= 4 is 0 Å². The molecule has 0 heterocycles. The van der Waals surface area contributed by atoms with E-state index in [9.17, 15) is 0 Å². The van der Waals surface area contributed by atoms with Gasteiger partial charge in [0.1, 0.15) is 0 Å². The van der Waals surface area contributed by atoms with Crippen LogP contribution in [0.5, 0.6) is 0 Å². The van der Waals surface area contributed by atoms with Gasteiger partial charge in [-0.3, -0.25) is 5.84 Å². The van der Waals surface area contributed by atoms with Gasteiger partial charge in [-0.25, -0.2) is 5.01 Å². The zero-order valence-corrected chi connectivity index (χ0v) is 26.0. The van der Waals surface area contributed by atoms with Gasteiger partial charge >= 0.3 is 0 Å². The summed E-state index contributed by atoms with van der Waals surface area (Å²) in [5.41, 5.74) is 0. The molecule has 0 atom stereocenters. The van der Waals surface area contributed by atoms with E-state index in [-0.39, 0.29) is 0 Å². The molecule has 2 heteroatoms. The van der Waals surface area contributed by atoms with Gasteiger partial charge in [0.25, 0.3) is 0 Å². The van der Waals surface area contributed by atoms with Gasteiger partial charge in [0.15, 0.2) is 0 Å². The minimum absolute atomic E-state index is 1.06. The summed E-state index contributed by atoms with van der Waals surface area (Å²) in [5, 5.41) is 2.06. The third-order valence-corrected chi connectivity index (χ3v) is 7.29. The van der Waals surface area contributed by atoms with E-state index in [1.165, 1.54) is 141 Å². The van der Waals surface area contributed by atoms with Gasteiger partial charge in [0.05, 0.1) is 0 Å². The molecule has 0 radical (unpaired) electrons. The molecule has 0 bridgehead atoms. The second kappa shape index (κ2) is 33.9. The third kappa shape index (κ3) is 32.9. The van der Waals surface area contributed by atoms with Crippen LogP contribution in [0.2, 0.25) is 0 Å². The lowest BCUT2D eigenvalue weighted by molar-refractivity contribution is 0.268. The van der Waals surface area contributed by atoms with E-state index in [0.717, 1.165) is 25.9 Å². The minimum Gasteiger partial charge on any atom is -0.269 e. The number of allylic oxidation sites excluding steroid dienone is 8. The molecule has 0 spiro atoms. The fraction of sp³-hybridized carbons (Fsp3) is 0.778. The fourth-order valence-corrected chi connectivity index (χ4v) is 4.72. The largest absolute Gasteiger partial charge is 0.269 e. The van der Waals surface area contributed by atoms with Crippen molar-refractivity contribution in [1.29, 1.82) is 0 Å². The van der Waals surface area contributed by atoms with Crippen LogP contribution in [0.4, 0.5) is 0 Å². The maximum absolute atomic E-state index is 6.20. The molecular weight excluding hydrogens is 460 g/mol. The zero-order valence-electron chi connectivity index (χ0n) is 26.0. The number of hydrogen-bond donors (Lipinski definition) is 1. The first kappa shape index (κ1) is 36.9. The molecule has 0 aromatic carbocycles. The SMILES string of the molecule is CCCCC/C=C\C/C=C\CCCCCCCCN(N)CCCCCCCC/C=C\C/C=C\CCCCC. The first-order chi connectivity index (χ1) is 18.8. The van der Waals surface area contributed by atoms with Crippen LogP contribution in [-0.2, 0) is 0 Å². The molecule has 0 rings (SSSR count). The Hall–Kier alpha value is -1.12. The minimum atomic E-state index is 1.06. The maximum Gasteiger partial charge on any atom is 0.0128 e. The van der Waals surface area contributed by atoms with E-state index in [2.05, 4.69) is 67.5 Å². The molecule has 0 aliphatic carbocycles. The van der Waals surface area contributed by atoms with Crippen LogP contribution in [0.25, 0.3) is 0 Å². The average Bonchev–Trinajstić information content (AvgIpc) is 2.92. The molecule has 0 aliphatic heterocycles. The monoisotopic (exact) mass is 529 g/mol. The van der Waals surface area contributed by atoms with Crippen molar-refractivity contribution in [1.82, 2.24) is 5.01 Å². The number of unbranched alkanes of at least 4 members (excludes halogenated alkanes) is 18. The molecule has 222 valence electrons. The fourth-order valence-electron chi connectivity index (χ4n) is 4.72. The quantitative estimate of drug-likeness (QED) is 0.0434. The van der Waals surface area contributed by atoms with Gasteiger partial charge in [-0.15, -0.1) is 0 Å². The Morgan fingerprint density at radius 2 is 0.658 bits per heavy atom. The van der Waals surface area contributed by atoms with E-state index < -0.39 is 0 Å². The van der Waals surface area contributed by atoms with E-state index in [1.807, 2.05) is 0 Å². The first-order valence-electron chi connectivity index (χ1n) is 16.9. The summed E-state index contributed by atoms with van der Waals surface area (Å²) in [6, 6.07) is 0. The number of hydrazine groups is 1. The van der Waals surface area contributed by atoms with Crippen LogP contribution in [0.3, 0.4) is 0 Å². The van der Waals surface area contributed by atoms with Crippen molar-refractivity contribution in [3.8, 4) is 0 Å². The summed E-state index contributed by atoms with van der Waals surface area (Å²) in [7, 11) is 0. The molecule has 0 unspecified atom stereocenters. The average molecular weight is 529 g/mol. The van der Waals surface area contributed by atoms with Gasteiger partial charge in [-0.1, -0.05) is 140 Å². The molecule has 2 nitrogen and oxygen atoms in total. The molecule has 0 aromatic heterocycles. The Bertz CT molecular complexity index is 498. The number of rotatable bonds is 30. The van der Waals surface area contributed by atoms with Crippen LogP contribution in [-0.4, -0.2) is 18.1 Å². The number of nitrogens with zero attached hydrogens (tertiary/aromatic N) is 1. The first-order valence-corrected chi connectivity index (χ1v) is 16.9. The Balaban J connectivity index is 3.29. The molecule has 0 aliphatic rings. The molecule has 0 fully saturated rings. The van der Waals surface area contributed by atoms with Crippen LogP contribution >= 0.6 is 0 Å². The Morgan fingerprint density at radius 3 is 1.00 bits per heavy atom. The summed E-state index contributed by atoms with van der Waals surface area (Å²) in [5.74, 6) is 6.20. The van der Waals surface area contributed by atoms with E-state index >= 15 is 0 Å². The highest BCUT2D eigenvalue weighted by molar-refractivity contribution is 4.93. The molecular formula is C36H68N2. The Labute approximate surface area is 240 Å². The van der Waals surface area contributed by atoms with Crippen molar-refractivity contribution in [2.24, 2.45) is 5.84 Å². The molecule has 2 N–H and O–H groups in total. The highest BCUT2D eigenvalue weighted by atomic mass is 15.4. The number of nitrogens with two attached hydrogens (primary N) is 1. The summed E-state index contributed by atoms with van der Waals surface area (Å²) in [6.45, 7) is 6.66. The molecule has 0 amide bonds. The lowest BCUT2D eigenvalue weighted by Gasteiger charge is -2.15. The lowest BCUT2D eigenvalue weighted by Crippen LogP contribution is -2.32. The summed E-state index contributed by atoms with van der Waals surface area (Å²) in [6.07, 6.45) is 50.1. The van der Waals surface area contributed by atoms with E-state index in [0.29, 0.717) is 0 Å². The van der Waals surface area contributed by atoms with Gasteiger partial charge < -0.3 is 0 Å². The highest BCUT2D eigenvalue weighted by Gasteiger charge is 1.99. The van der Waals surface area contributed by atoms with E-state index in [4.69, 9.17) is 5.84 Å². The zero-order chi connectivity index (χ0) is 27.6. The van der Waals surface area contributed by atoms with Gasteiger partial charge in [-0.2, -0.15) is 0 Å². The lowest BCUT2D eigenvalue weighted by atomic mass is 10.1. The van der Waals surface area contributed by atoms with Crippen molar-refractivity contribution in [3.63, 3.8) is 0 Å². The van der Waals surface area contributed by atoms with Crippen molar-refractivity contribution < 1.29 is 0 Å². The second-order valence-corrected chi connectivity index (χ2v) is 11.2. The summed E-state index contributed by atoms with van der Waals surface area (Å²) in [4.78, 5) is 0. The molecule has 0 saturated heterocycles. The third-order valence-electron chi connectivity index (χ3n) is 7.29. The predicted octanol–water partition coefficient (Wildman–Crippen LogP) is 11.8. The topological polar surface area (TPSA) is 29.3 Å². The maximum atomic E-state index is 6.20. The standard InChI is InChI=1S/C36H68N2/c1-3-5-7-9-11-13-15-17-19-21-23-25-27-29-31-33-35-38(37)36-34-32-30-28-26-24-22-20-18-16-14-12-10-8-6-4-2/h11-14,17-20H,3-10,15-16,21-37H2,1-2H3/b13-11-,14-12-,19-17-,20-18-. The van der Waals surface area contributed by atoms with Crippen molar-refractivity contribution in [2.75, 3.05) is 13.1 Å². The Kier molecular flexibility index (Phi) is 32.9. The van der Waals surface area contributed by atoms with Gasteiger partial charge in [0, 0.05) is 13.1 Å². The molecule has 0 saturated carbocycles. The van der Waals surface area contributed by atoms with Crippen LogP contribution < -0.4 is 5.84 Å². The van der Waals surface area contributed by atoms with Crippen molar-refractivity contribution in [2.45, 2.75) is 168 Å². The predicted molar refractivity (Wildman–Crippen MR) is 174 cm³/mol. The smallest absolute Gasteiger partial charge is 0.0128 e. The van der Waals surface area contributed by atoms with Crippen LogP contribution in [0, 0.1) is 0 Å². The van der Waals surface area contributed by atoms with Crippen molar-refractivity contribution in [3.05, 3.63) is 48.6 Å². The normalized spacial score (nSPS) is 12.5. The second-order valence-electron chi connectivity index (χ2n) is 11.2. The Morgan fingerprint density at radius 1 is 0.368 bits per heavy atom. The number of hydrogen-bond acceptors (Lipinski definition) is 2. The summed E-state index contributed by atoms with van der Waals surface area (Å²) < 4.78 is 0. The molecule has 0 aromatic rings. The summed E-state index contributed by atoms with van der Waals surface area (Å²) >= 11 is 0.